The fourth-order valence-electron chi connectivity index (χ4n) is 2.26. The molecule has 0 radical (unpaired) electrons. The van der Waals surface area contributed by atoms with Crippen LogP contribution in [0.5, 0.6) is 0 Å². The van der Waals surface area contributed by atoms with E-state index in [0.717, 1.165) is 32.7 Å². The van der Waals surface area contributed by atoms with Gasteiger partial charge in [0.05, 0.1) is 13.2 Å². The molecule has 1 aliphatic heterocycles. The van der Waals surface area contributed by atoms with Gasteiger partial charge in [-0.3, -0.25) is 4.90 Å². The highest BCUT2D eigenvalue weighted by Crippen LogP contribution is 2.09. The van der Waals surface area contributed by atoms with Crippen LogP contribution in [0.4, 0.5) is 0 Å². The van der Waals surface area contributed by atoms with Crippen LogP contribution in [0.2, 0.25) is 0 Å². The predicted molar refractivity (Wildman–Crippen MR) is 75.3 cm³/mol. The van der Waals surface area contributed by atoms with Crippen LogP contribution in [-0.2, 0) is 4.74 Å². The van der Waals surface area contributed by atoms with Crippen molar-refractivity contribution in [3.05, 3.63) is 42.0 Å². The van der Waals surface area contributed by atoms with Crippen molar-refractivity contribution in [2.24, 2.45) is 5.73 Å². The van der Waals surface area contributed by atoms with Crippen molar-refractivity contribution in [1.82, 2.24) is 4.90 Å². The second-order valence-electron chi connectivity index (χ2n) is 4.59. The van der Waals surface area contributed by atoms with E-state index in [1.54, 1.807) is 0 Å². The van der Waals surface area contributed by atoms with Gasteiger partial charge in [-0.2, -0.15) is 0 Å². The van der Waals surface area contributed by atoms with E-state index in [1.807, 2.05) is 6.07 Å². The maximum Gasteiger partial charge on any atom is 0.0594 e. The zero-order chi connectivity index (χ0) is 12.6. The van der Waals surface area contributed by atoms with Gasteiger partial charge in [0.1, 0.15) is 0 Å². The SMILES string of the molecule is NCC(C/C=C\c1ccccc1)N1CCOCC1. The third kappa shape index (κ3) is 3.95. The van der Waals surface area contributed by atoms with Crippen LogP contribution in [0.15, 0.2) is 36.4 Å². The quantitative estimate of drug-likeness (QED) is 0.860. The molecule has 0 saturated carbocycles. The number of hydrogen-bond acceptors (Lipinski definition) is 3. The summed E-state index contributed by atoms with van der Waals surface area (Å²) in [6, 6.07) is 10.8. The van der Waals surface area contributed by atoms with Gasteiger partial charge in [-0.1, -0.05) is 42.5 Å². The van der Waals surface area contributed by atoms with Crippen LogP contribution in [-0.4, -0.2) is 43.8 Å². The first-order valence-electron chi connectivity index (χ1n) is 6.63. The van der Waals surface area contributed by atoms with Gasteiger partial charge in [-0.25, -0.2) is 0 Å². The minimum absolute atomic E-state index is 0.439. The summed E-state index contributed by atoms with van der Waals surface area (Å²) in [6.45, 7) is 4.37. The van der Waals surface area contributed by atoms with Crippen molar-refractivity contribution in [3.8, 4) is 0 Å². The minimum atomic E-state index is 0.439. The molecule has 1 heterocycles. The summed E-state index contributed by atoms with van der Waals surface area (Å²) in [5.41, 5.74) is 7.11. The number of nitrogens with two attached hydrogens (primary N) is 1. The molecule has 2 rings (SSSR count). The van der Waals surface area contributed by atoms with Crippen LogP contribution in [0.3, 0.4) is 0 Å². The van der Waals surface area contributed by atoms with Crippen molar-refractivity contribution in [2.75, 3.05) is 32.8 Å². The molecule has 0 amide bonds. The van der Waals surface area contributed by atoms with Gasteiger partial charge >= 0.3 is 0 Å². The van der Waals surface area contributed by atoms with Crippen LogP contribution >= 0.6 is 0 Å². The fourth-order valence-corrected chi connectivity index (χ4v) is 2.26. The molecule has 98 valence electrons. The number of ether oxygens (including phenoxy) is 1. The molecule has 2 N–H and O–H groups in total. The van der Waals surface area contributed by atoms with Gasteiger partial charge in [0.15, 0.2) is 0 Å². The Morgan fingerprint density at radius 2 is 1.94 bits per heavy atom. The standard InChI is InChI=1S/C15H22N2O/c16-13-15(17-9-11-18-12-10-17)8-4-7-14-5-2-1-3-6-14/h1-7,15H,8-13,16H2/b7-4-. The lowest BCUT2D eigenvalue weighted by molar-refractivity contribution is 0.0190. The third-order valence-corrected chi connectivity index (χ3v) is 3.35. The maximum absolute atomic E-state index is 5.87. The molecule has 1 saturated heterocycles. The zero-order valence-corrected chi connectivity index (χ0v) is 10.8. The Kier molecular flexibility index (Phi) is 5.39. The summed E-state index contributed by atoms with van der Waals surface area (Å²) >= 11 is 0. The number of morpholine rings is 1. The smallest absolute Gasteiger partial charge is 0.0594 e. The van der Waals surface area contributed by atoms with E-state index < -0.39 is 0 Å². The van der Waals surface area contributed by atoms with E-state index in [9.17, 15) is 0 Å². The first kappa shape index (κ1) is 13.3. The molecule has 1 aromatic carbocycles. The van der Waals surface area contributed by atoms with Crippen LogP contribution in [0, 0.1) is 0 Å². The fraction of sp³-hybridized carbons (Fsp3) is 0.467. The topological polar surface area (TPSA) is 38.5 Å². The summed E-state index contributed by atoms with van der Waals surface area (Å²) in [5.74, 6) is 0. The Hall–Kier alpha value is -1.16. The molecule has 1 unspecified atom stereocenters. The van der Waals surface area contributed by atoms with Gasteiger partial charge in [0.2, 0.25) is 0 Å². The lowest BCUT2D eigenvalue weighted by atomic mass is 10.1. The first-order chi connectivity index (χ1) is 8.90. The van der Waals surface area contributed by atoms with Crippen LogP contribution in [0.1, 0.15) is 12.0 Å². The highest BCUT2D eigenvalue weighted by atomic mass is 16.5. The van der Waals surface area contributed by atoms with E-state index in [4.69, 9.17) is 10.5 Å². The Bertz CT molecular complexity index is 358. The lowest BCUT2D eigenvalue weighted by Gasteiger charge is -2.33. The molecular weight excluding hydrogens is 224 g/mol. The molecule has 1 fully saturated rings. The Balaban J connectivity index is 1.84. The van der Waals surface area contributed by atoms with Crippen molar-refractivity contribution < 1.29 is 4.74 Å². The highest BCUT2D eigenvalue weighted by Gasteiger charge is 2.18. The van der Waals surface area contributed by atoms with Gasteiger partial charge < -0.3 is 10.5 Å². The average molecular weight is 246 g/mol. The monoisotopic (exact) mass is 246 g/mol. The summed E-state index contributed by atoms with van der Waals surface area (Å²) in [7, 11) is 0. The molecule has 0 spiro atoms. The largest absolute Gasteiger partial charge is 0.379 e. The lowest BCUT2D eigenvalue weighted by Crippen LogP contribution is -2.46. The molecule has 0 bridgehead atoms. The summed E-state index contributed by atoms with van der Waals surface area (Å²) in [5, 5.41) is 0. The Labute approximate surface area is 109 Å². The highest BCUT2D eigenvalue weighted by molar-refractivity contribution is 5.48. The summed E-state index contributed by atoms with van der Waals surface area (Å²) < 4.78 is 5.37. The molecule has 0 aromatic heterocycles. The van der Waals surface area contributed by atoms with Crippen molar-refractivity contribution in [3.63, 3.8) is 0 Å². The van der Waals surface area contributed by atoms with E-state index in [2.05, 4.69) is 41.3 Å². The first-order valence-corrected chi connectivity index (χ1v) is 6.63. The molecule has 3 nitrogen and oxygen atoms in total. The molecule has 1 aliphatic rings. The van der Waals surface area contributed by atoms with Gasteiger partial charge in [-0.15, -0.1) is 0 Å². The second-order valence-corrected chi connectivity index (χ2v) is 4.59. The molecule has 18 heavy (non-hydrogen) atoms. The molecule has 3 heteroatoms. The van der Waals surface area contributed by atoms with Crippen molar-refractivity contribution in [2.45, 2.75) is 12.5 Å². The van der Waals surface area contributed by atoms with Crippen LogP contribution < -0.4 is 5.73 Å². The maximum atomic E-state index is 5.87. The van der Waals surface area contributed by atoms with Gasteiger partial charge in [-0.05, 0) is 12.0 Å². The van der Waals surface area contributed by atoms with E-state index >= 15 is 0 Å². The Morgan fingerprint density at radius 3 is 2.61 bits per heavy atom. The van der Waals surface area contributed by atoms with Crippen molar-refractivity contribution >= 4 is 6.08 Å². The van der Waals surface area contributed by atoms with Crippen LogP contribution in [0.25, 0.3) is 6.08 Å². The average Bonchev–Trinajstić information content (AvgIpc) is 2.46. The number of hydrogen-bond donors (Lipinski definition) is 1. The van der Waals surface area contributed by atoms with Gasteiger partial charge in [0, 0.05) is 25.7 Å². The number of benzene rings is 1. The molecule has 1 atom stereocenters. The molecule has 0 aliphatic carbocycles. The van der Waals surface area contributed by atoms with E-state index in [0.29, 0.717) is 12.6 Å². The summed E-state index contributed by atoms with van der Waals surface area (Å²) in [4.78, 5) is 2.43. The second kappa shape index (κ2) is 7.31. The minimum Gasteiger partial charge on any atom is -0.379 e. The molecule has 1 aromatic rings. The zero-order valence-electron chi connectivity index (χ0n) is 10.8. The third-order valence-electron chi connectivity index (χ3n) is 3.35. The van der Waals surface area contributed by atoms with E-state index in [-0.39, 0.29) is 0 Å². The number of nitrogens with zero attached hydrogens (tertiary/aromatic N) is 1. The Morgan fingerprint density at radius 1 is 1.22 bits per heavy atom. The molecular formula is C15H22N2O. The normalized spacial score (nSPS) is 19.2. The van der Waals surface area contributed by atoms with Crippen molar-refractivity contribution in [1.29, 1.82) is 0 Å². The predicted octanol–water partition coefficient (Wildman–Crippen LogP) is 1.75. The summed E-state index contributed by atoms with van der Waals surface area (Å²) in [6.07, 6.45) is 5.40. The van der Waals surface area contributed by atoms with E-state index in [1.165, 1.54) is 5.56 Å². The van der Waals surface area contributed by atoms with Gasteiger partial charge in [0.25, 0.3) is 0 Å². The number of rotatable bonds is 5.